The van der Waals surface area contributed by atoms with Gasteiger partial charge in [-0.2, -0.15) is 0 Å². The maximum Gasteiger partial charge on any atom is 0.240 e. The number of para-hydroxylation sites is 2. The second kappa shape index (κ2) is 8.41. The predicted molar refractivity (Wildman–Crippen MR) is 117 cm³/mol. The largest absolute Gasteiger partial charge is 0.322 e. The first-order chi connectivity index (χ1) is 14.0. The molecule has 0 saturated carbocycles. The van der Waals surface area contributed by atoms with Crippen LogP contribution in [0.25, 0.3) is 11.0 Å². The fourth-order valence-electron chi connectivity index (χ4n) is 3.12. The summed E-state index contributed by atoms with van der Waals surface area (Å²) in [6, 6.07) is 26.3. The average molecular weight is 424 g/mol. The molecule has 0 saturated heterocycles. The Labute approximate surface area is 174 Å². The second-order valence-corrected chi connectivity index (χ2v) is 9.56. The van der Waals surface area contributed by atoms with Gasteiger partial charge in [0, 0.05) is 13.6 Å². The number of thioether (sulfide) groups is 1. The first-order valence-corrected chi connectivity index (χ1v) is 11.6. The minimum absolute atomic E-state index is 0.120. The van der Waals surface area contributed by atoms with E-state index in [4.69, 9.17) is 4.98 Å². The summed E-state index contributed by atoms with van der Waals surface area (Å²) < 4.78 is 30.2. The van der Waals surface area contributed by atoms with Gasteiger partial charge in [-0.15, -0.1) is 0 Å². The van der Waals surface area contributed by atoms with Crippen molar-refractivity contribution in [2.45, 2.75) is 15.3 Å². The van der Waals surface area contributed by atoms with Gasteiger partial charge in [0.15, 0.2) is 5.16 Å². The lowest BCUT2D eigenvalue weighted by Gasteiger charge is -2.17. The first-order valence-electron chi connectivity index (χ1n) is 9.22. The van der Waals surface area contributed by atoms with Crippen LogP contribution < -0.4 is 4.72 Å². The minimum Gasteiger partial charge on any atom is -0.322 e. The van der Waals surface area contributed by atoms with Crippen LogP contribution in [0.3, 0.4) is 0 Å². The molecule has 0 aliphatic heterocycles. The molecule has 1 heterocycles. The zero-order valence-electron chi connectivity index (χ0n) is 15.9. The molecule has 5 nitrogen and oxygen atoms in total. The van der Waals surface area contributed by atoms with Crippen LogP contribution in [0.15, 0.2) is 95.0 Å². The molecule has 1 N–H and O–H groups in total. The number of aromatic nitrogens is 2. The van der Waals surface area contributed by atoms with Crippen LogP contribution >= 0.6 is 11.8 Å². The van der Waals surface area contributed by atoms with Gasteiger partial charge < -0.3 is 4.57 Å². The predicted octanol–water partition coefficient (Wildman–Crippen LogP) is 4.39. The molecule has 1 atom stereocenters. The molecule has 0 radical (unpaired) electrons. The van der Waals surface area contributed by atoms with Crippen molar-refractivity contribution in [2.75, 3.05) is 6.54 Å². The number of nitrogens with one attached hydrogen (secondary N) is 1. The molecule has 7 heteroatoms. The maximum absolute atomic E-state index is 12.7. The molecule has 0 fully saturated rings. The summed E-state index contributed by atoms with van der Waals surface area (Å²) >= 11 is 1.55. The summed E-state index contributed by atoms with van der Waals surface area (Å²) in [5.74, 6) is 0. The third-order valence-corrected chi connectivity index (χ3v) is 7.42. The third kappa shape index (κ3) is 4.37. The van der Waals surface area contributed by atoms with Crippen molar-refractivity contribution in [3.63, 3.8) is 0 Å². The van der Waals surface area contributed by atoms with E-state index in [-0.39, 0.29) is 16.7 Å². The van der Waals surface area contributed by atoms with Gasteiger partial charge in [-0.05, 0) is 29.8 Å². The molecule has 4 aromatic rings. The monoisotopic (exact) mass is 423 g/mol. The van der Waals surface area contributed by atoms with Crippen LogP contribution in [0.2, 0.25) is 0 Å². The normalized spacial score (nSPS) is 12.9. The molecule has 4 rings (SSSR count). The summed E-state index contributed by atoms with van der Waals surface area (Å²) in [4.78, 5) is 4.99. The summed E-state index contributed by atoms with van der Waals surface area (Å²) in [6.07, 6.45) is 0. The third-order valence-electron chi connectivity index (χ3n) is 4.68. The average Bonchev–Trinajstić information content (AvgIpc) is 3.08. The van der Waals surface area contributed by atoms with Gasteiger partial charge in [-0.3, -0.25) is 0 Å². The Morgan fingerprint density at radius 2 is 1.55 bits per heavy atom. The Bertz CT molecular complexity index is 1210. The van der Waals surface area contributed by atoms with E-state index in [1.54, 1.807) is 42.1 Å². The number of nitrogens with zero attached hydrogens (tertiary/aromatic N) is 2. The Hall–Kier alpha value is -2.61. The summed E-state index contributed by atoms with van der Waals surface area (Å²) in [5.41, 5.74) is 3.01. The molecule has 0 amide bonds. The Kier molecular flexibility index (Phi) is 5.71. The van der Waals surface area contributed by atoms with Crippen molar-refractivity contribution >= 4 is 32.8 Å². The van der Waals surface area contributed by atoms with E-state index in [0.29, 0.717) is 0 Å². The smallest absolute Gasteiger partial charge is 0.240 e. The number of sulfonamides is 1. The first kappa shape index (κ1) is 19.7. The number of imidazole rings is 1. The molecule has 29 heavy (non-hydrogen) atoms. The molecule has 148 valence electrons. The topological polar surface area (TPSA) is 64.0 Å². The molecular formula is C22H21N3O2S2. The Balaban J connectivity index is 1.61. The number of aryl methyl sites for hydroxylation is 1. The van der Waals surface area contributed by atoms with Crippen LogP contribution in [0.4, 0.5) is 0 Å². The molecule has 0 aliphatic carbocycles. The van der Waals surface area contributed by atoms with E-state index in [9.17, 15) is 8.42 Å². The number of benzene rings is 3. The van der Waals surface area contributed by atoms with Gasteiger partial charge in [-0.1, -0.05) is 72.4 Å². The van der Waals surface area contributed by atoms with Crippen LogP contribution in [0.5, 0.6) is 0 Å². The summed E-state index contributed by atoms with van der Waals surface area (Å²) in [6.45, 7) is 0.259. The van der Waals surface area contributed by atoms with Gasteiger partial charge >= 0.3 is 0 Å². The van der Waals surface area contributed by atoms with Gasteiger partial charge in [-0.25, -0.2) is 18.1 Å². The molecule has 0 aliphatic rings. The van der Waals surface area contributed by atoms with E-state index in [1.807, 2.05) is 66.2 Å². The Morgan fingerprint density at radius 3 is 2.24 bits per heavy atom. The van der Waals surface area contributed by atoms with Crippen LogP contribution in [-0.4, -0.2) is 24.5 Å². The minimum atomic E-state index is -3.58. The van der Waals surface area contributed by atoms with Gasteiger partial charge in [0.25, 0.3) is 0 Å². The lowest BCUT2D eigenvalue weighted by atomic mass is 10.1. The van der Waals surface area contributed by atoms with Crippen molar-refractivity contribution in [2.24, 2.45) is 7.05 Å². The van der Waals surface area contributed by atoms with Gasteiger partial charge in [0.1, 0.15) is 0 Å². The van der Waals surface area contributed by atoms with E-state index in [1.165, 1.54) is 0 Å². The zero-order valence-corrected chi connectivity index (χ0v) is 17.5. The number of hydrogen-bond acceptors (Lipinski definition) is 4. The van der Waals surface area contributed by atoms with Crippen LogP contribution in [0, 0.1) is 0 Å². The van der Waals surface area contributed by atoms with E-state index in [2.05, 4.69) is 4.72 Å². The molecule has 0 spiro atoms. The molecule has 1 unspecified atom stereocenters. The van der Waals surface area contributed by atoms with Gasteiger partial charge in [0.2, 0.25) is 10.0 Å². The van der Waals surface area contributed by atoms with Crippen molar-refractivity contribution in [1.82, 2.24) is 14.3 Å². The SMILES string of the molecule is Cn1c(SC(CNS(=O)(=O)c2ccccc2)c2ccccc2)nc2ccccc21. The molecule has 1 aromatic heterocycles. The number of rotatable bonds is 7. The number of fused-ring (bicyclic) bond motifs is 1. The highest BCUT2D eigenvalue weighted by Crippen LogP contribution is 2.35. The quantitative estimate of drug-likeness (QED) is 0.448. The maximum atomic E-state index is 12.7. The highest BCUT2D eigenvalue weighted by molar-refractivity contribution is 7.99. The van der Waals surface area contributed by atoms with Crippen LogP contribution in [0.1, 0.15) is 10.8 Å². The second-order valence-electron chi connectivity index (χ2n) is 6.62. The van der Waals surface area contributed by atoms with Crippen molar-refractivity contribution in [3.05, 3.63) is 90.5 Å². The van der Waals surface area contributed by atoms with Crippen molar-refractivity contribution in [1.29, 1.82) is 0 Å². The standard InChI is InChI=1S/C22H21N3O2S2/c1-25-20-15-9-8-14-19(20)24-22(25)28-21(17-10-4-2-5-11-17)16-23-29(26,27)18-12-6-3-7-13-18/h2-15,21,23H,16H2,1H3. The lowest BCUT2D eigenvalue weighted by molar-refractivity contribution is 0.581. The highest BCUT2D eigenvalue weighted by atomic mass is 32.2. The summed E-state index contributed by atoms with van der Waals surface area (Å²) in [5, 5.41) is 0.726. The molecule has 3 aromatic carbocycles. The van der Waals surface area contributed by atoms with E-state index >= 15 is 0 Å². The summed E-state index contributed by atoms with van der Waals surface area (Å²) in [7, 11) is -1.60. The van der Waals surface area contributed by atoms with E-state index in [0.717, 1.165) is 21.8 Å². The molecular weight excluding hydrogens is 402 g/mol. The van der Waals surface area contributed by atoms with E-state index < -0.39 is 10.0 Å². The lowest BCUT2D eigenvalue weighted by Crippen LogP contribution is -2.27. The van der Waals surface area contributed by atoms with Crippen molar-refractivity contribution < 1.29 is 8.42 Å². The van der Waals surface area contributed by atoms with Crippen molar-refractivity contribution in [3.8, 4) is 0 Å². The Morgan fingerprint density at radius 1 is 0.931 bits per heavy atom. The zero-order chi connectivity index (χ0) is 20.3. The number of hydrogen-bond donors (Lipinski definition) is 1. The fraction of sp³-hybridized carbons (Fsp3) is 0.136. The van der Waals surface area contributed by atoms with Gasteiger partial charge in [0.05, 0.1) is 21.2 Å². The fourth-order valence-corrected chi connectivity index (χ4v) is 5.42. The van der Waals surface area contributed by atoms with Crippen LogP contribution in [-0.2, 0) is 17.1 Å². The highest BCUT2D eigenvalue weighted by Gasteiger charge is 2.21. The molecule has 0 bridgehead atoms.